The number of hydrogen-bond donors (Lipinski definition) is 0. The van der Waals surface area contributed by atoms with Gasteiger partial charge in [-0.3, -0.25) is 4.98 Å². The number of pyridine rings is 1. The van der Waals surface area contributed by atoms with Crippen LogP contribution in [0.2, 0.25) is 0 Å². The van der Waals surface area contributed by atoms with Gasteiger partial charge in [-0.25, -0.2) is 8.42 Å². The molecule has 1 aromatic heterocycles. The Labute approximate surface area is 113 Å². The summed E-state index contributed by atoms with van der Waals surface area (Å²) in [6.45, 7) is 1.78. The molecule has 2 aromatic rings. The molecule has 0 unspecified atom stereocenters. The van der Waals surface area contributed by atoms with Crippen molar-refractivity contribution in [1.29, 1.82) is 0 Å². The van der Waals surface area contributed by atoms with Crippen LogP contribution in [-0.4, -0.2) is 20.5 Å². The van der Waals surface area contributed by atoms with Gasteiger partial charge in [-0.15, -0.1) is 0 Å². The van der Waals surface area contributed by atoms with E-state index in [-0.39, 0.29) is 5.75 Å². The van der Waals surface area contributed by atoms with Crippen LogP contribution in [0.3, 0.4) is 0 Å². The highest BCUT2D eigenvalue weighted by molar-refractivity contribution is 7.90. The highest BCUT2D eigenvalue weighted by Crippen LogP contribution is 2.25. The number of benzene rings is 1. The van der Waals surface area contributed by atoms with Crippen molar-refractivity contribution in [3.05, 3.63) is 53.9 Å². The predicted octanol–water partition coefficient (Wildman–Crippen LogP) is 2.37. The van der Waals surface area contributed by atoms with Crippen molar-refractivity contribution in [3.8, 4) is 5.75 Å². The maximum Gasteiger partial charge on any atom is 0.182 e. The number of nitrogens with zero attached hydrogens (tertiary/aromatic N) is 1. The van der Waals surface area contributed by atoms with E-state index in [1.807, 2.05) is 0 Å². The van der Waals surface area contributed by atoms with Crippen LogP contribution in [0.4, 0.5) is 0 Å². The van der Waals surface area contributed by atoms with Crippen LogP contribution in [0, 0.1) is 6.92 Å². The molecule has 0 fully saturated rings. The Bertz CT molecular complexity index is 666. The van der Waals surface area contributed by atoms with Crippen molar-refractivity contribution < 1.29 is 13.2 Å². The number of ether oxygens (including phenoxy) is 1. The molecule has 19 heavy (non-hydrogen) atoms. The van der Waals surface area contributed by atoms with Crippen LogP contribution in [-0.2, 0) is 15.6 Å². The van der Waals surface area contributed by atoms with Gasteiger partial charge in [-0.2, -0.15) is 0 Å². The maximum atomic E-state index is 12.3. The Balaban J connectivity index is 2.42. The van der Waals surface area contributed by atoms with Gasteiger partial charge in [0.2, 0.25) is 0 Å². The highest BCUT2D eigenvalue weighted by Gasteiger charge is 2.19. The van der Waals surface area contributed by atoms with Crippen molar-refractivity contribution in [2.24, 2.45) is 0 Å². The fourth-order valence-electron chi connectivity index (χ4n) is 1.84. The molecule has 1 heterocycles. The first-order valence-corrected chi connectivity index (χ1v) is 7.46. The molecule has 0 amide bonds. The van der Waals surface area contributed by atoms with Gasteiger partial charge in [0, 0.05) is 17.5 Å². The van der Waals surface area contributed by atoms with Crippen molar-refractivity contribution in [3.63, 3.8) is 0 Å². The molecule has 0 aliphatic rings. The fraction of sp³-hybridized carbons (Fsp3) is 0.214. The fourth-order valence-corrected chi connectivity index (χ4v) is 3.31. The lowest BCUT2D eigenvalue weighted by atomic mass is 10.2. The second-order valence-corrected chi connectivity index (χ2v) is 6.14. The number of aryl methyl sites for hydroxylation is 1. The van der Waals surface area contributed by atoms with E-state index in [2.05, 4.69) is 4.98 Å². The molecule has 0 aliphatic carbocycles. The summed E-state index contributed by atoms with van der Waals surface area (Å²) in [4.78, 5) is 4.43. The number of hydrogen-bond acceptors (Lipinski definition) is 4. The molecule has 4 nitrogen and oxygen atoms in total. The van der Waals surface area contributed by atoms with Crippen LogP contribution in [0.1, 0.15) is 11.3 Å². The van der Waals surface area contributed by atoms with E-state index in [0.717, 1.165) is 0 Å². The van der Waals surface area contributed by atoms with Gasteiger partial charge in [0.05, 0.1) is 17.8 Å². The zero-order chi connectivity index (χ0) is 13.9. The molecular weight excluding hydrogens is 262 g/mol. The third-order valence-electron chi connectivity index (χ3n) is 2.88. The van der Waals surface area contributed by atoms with Gasteiger partial charge in [-0.1, -0.05) is 18.2 Å². The van der Waals surface area contributed by atoms with E-state index in [0.29, 0.717) is 21.9 Å². The molecule has 0 N–H and O–H groups in total. The van der Waals surface area contributed by atoms with E-state index < -0.39 is 9.84 Å². The normalized spacial score (nSPS) is 11.3. The minimum atomic E-state index is -3.39. The Morgan fingerprint density at radius 2 is 1.84 bits per heavy atom. The van der Waals surface area contributed by atoms with Gasteiger partial charge in [0.1, 0.15) is 5.75 Å². The minimum absolute atomic E-state index is 0.111. The molecule has 0 saturated carbocycles. The van der Waals surface area contributed by atoms with Crippen molar-refractivity contribution in [2.45, 2.75) is 17.6 Å². The second kappa shape index (κ2) is 5.40. The molecule has 100 valence electrons. The van der Waals surface area contributed by atoms with Crippen molar-refractivity contribution in [1.82, 2.24) is 4.98 Å². The summed E-state index contributed by atoms with van der Waals surface area (Å²) in [5, 5.41) is 0. The summed E-state index contributed by atoms with van der Waals surface area (Å²) >= 11 is 0. The average molecular weight is 277 g/mol. The first-order valence-electron chi connectivity index (χ1n) is 5.81. The highest BCUT2D eigenvalue weighted by atomic mass is 32.2. The summed E-state index contributed by atoms with van der Waals surface area (Å²) < 4.78 is 29.9. The SMILES string of the molecule is COc1ccnc(C)c1CS(=O)(=O)c1ccccc1. The summed E-state index contributed by atoms with van der Waals surface area (Å²) in [5.41, 5.74) is 1.27. The third-order valence-corrected chi connectivity index (χ3v) is 4.54. The van der Waals surface area contributed by atoms with Gasteiger partial charge in [0.25, 0.3) is 0 Å². The summed E-state index contributed by atoms with van der Waals surface area (Å²) in [5.74, 6) is 0.437. The van der Waals surface area contributed by atoms with E-state index in [4.69, 9.17) is 4.74 Å². The molecule has 0 spiro atoms. The predicted molar refractivity (Wildman–Crippen MR) is 72.9 cm³/mol. The quantitative estimate of drug-likeness (QED) is 0.861. The Morgan fingerprint density at radius 1 is 1.16 bits per heavy atom. The van der Waals surface area contributed by atoms with Crippen LogP contribution in [0.25, 0.3) is 0 Å². The second-order valence-electron chi connectivity index (χ2n) is 4.15. The minimum Gasteiger partial charge on any atom is -0.496 e. The topological polar surface area (TPSA) is 56.3 Å². The standard InChI is InChI=1S/C14H15NO3S/c1-11-13(14(18-2)8-9-15-11)10-19(16,17)12-6-4-3-5-7-12/h3-9H,10H2,1-2H3. The van der Waals surface area contributed by atoms with Crippen LogP contribution < -0.4 is 4.74 Å². The summed E-state index contributed by atoms with van der Waals surface area (Å²) in [6, 6.07) is 10.1. The summed E-state index contributed by atoms with van der Waals surface area (Å²) in [7, 11) is -1.87. The van der Waals surface area contributed by atoms with Gasteiger partial charge in [0.15, 0.2) is 9.84 Å². The zero-order valence-corrected chi connectivity index (χ0v) is 11.6. The zero-order valence-electron chi connectivity index (χ0n) is 10.8. The molecule has 0 bridgehead atoms. The molecule has 0 saturated heterocycles. The lowest BCUT2D eigenvalue weighted by Crippen LogP contribution is -2.08. The van der Waals surface area contributed by atoms with Crippen LogP contribution in [0.5, 0.6) is 5.75 Å². The first-order chi connectivity index (χ1) is 9.04. The van der Waals surface area contributed by atoms with Crippen LogP contribution in [0.15, 0.2) is 47.5 Å². The first kappa shape index (κ1) is 13.5. The molecule has 2 rings (SSSR count). The Morgan fingerprint density at radius 3 is 2.47 bits per heavy atom. The number of methoxy groups -OCH3 is 1. The number of rotatable bonds is 4. The van der Waals surface area contributed by atoms with E-state index in [1.54, 1.807) is 49.5 Å². The molecule has 5 heteroatoms. The van der Waals surface area contributed by atoms with E-state index >= 15 is 0 Å². The lowest BCUT2D eigenvalue weighted by Gasteiger charge is -2.11. The van der Waals surface area contributed by atoms with Crippen molar-refractivity contribution >= 4 is 9.84 Å². The Hall–Kier alpha value is -1.88. The summed E-state index contributed by atoms with van der Waals surface area (Å²) in [6.07, 6.45) is 1.60. The number of aromatic nitrogens is 1. The molecule has 0 radical (unpaired) electrons. The molecular formula is C14H15NO3S. The maximum absolute atomic E-state index is 12.3. The third kappa shape index (κ3) is 2.93. The van der Waals surface area contributed by atoms with Crippen molar-refractivity contribution in [2.75, 3.05) is 7.11 Å². The lowest BCUT2D eigenvalue weighted by molar-refractivity contribution is 0.409. The average Bonchev–Trinajstić information content (AvgIpc) is 2.42. The van der Waals surface area contributed by atoms with Gasteiger partial charge < -0.3 is 4.74 Å². The molecule has 1 aromatic carbocycles. The monoisotopic (exact) mass is 277 g/mol. The Kier molecular flexibility index (Phi) is 3.85. The van der Waals surface area contributed by atoms with Gasteiger partial charge >= 0.3 is 0 Å². The molecule has 0 aliphatic heterocycles. The smallest absolute Gasteiger partial charge is 0.182 e. The largest absolute Gasteiger partial charge is 0.496 e. The molecule has 0 atom stereocenters. The van der Waals surface area contributed by atoms with Crippen LogP contribution >= 0.6 is 0 Å². The van der Waals surface area contributed by atoms with E-state index in [9.17, 15) is 8.42 Å². The van der Waals surface area contributed by atoms with Gasteiger partial charge in [-0.05, 0) is 25.1 Å². The van der Waals surface area contributed by atoms with E-state index in [1.165, 1.54) is 7.11 Å². The number of sulfone groups is 1.